The Hall–Kier alpha value is 0.0187. The third-order valence-corrected chi connectivity index (χ3v) is 26.1. The van der Waals surface area contributed by atoms with Crippen molar-refractivity contribution in [3.05, 3.63) is 30.3 Å². The molecule has 0 heterocycles. The van der Waals surface area contributed by atoms with E-state index in [-0.39, 0.29) is 0 Å². The van der Waals surface area contributed by atoms with Crippen molar-refractivity contribution in [2.45, 2.75) is 227 Å². The summed E-state index contributed by atoms with van der Waals surface area (Å²) in [4.78, 5) is 0. The molecule has 0 spiro atoms. The minimum atomic E-state index is -2.40. The summed E-state index contributed by atoms with van der Waals surface area (Å²) in [6.07, 6.45) is 44.1. The SMILES string of the molecule is CCCCCCCCCCC[CH2][Sn]([CH2]CCCCCCCCCCC)([CH2]CCCCCCCCCCC)[c]1ccccc1. The summed E-state index contributed by atoms with van der Waals surface area (Å²) in [6.45, 7) is 6.98. The first-order valence-electron chi connectivity index (χ1n) is 20.3. The van der Waals surface area contributed by atoms with Gasteiger partial charge < -0.3 is 0 Å². The van der Waals surface area contributed by atoms with Crippen LogP contribution in [-0.2, 0) is 0 Å². The van der Waals surface area contributed by atoms with Crippen LogP contribution in [0.3, 0.4) is 0 Å². The van der Waals surface area contributed by atoms with Crippen molar-refractivity contribution in [3.63, 3.8) is 0 Å². The summed E-state index contributed by atoms with van der Waals surface area (Å²) in [6, 6.07) is 12.2. The fraction of sp³-hybridized carbons (Fsp3) is 0.857. The summed E-state index contributed by atoms with van der Waals surface area (Å²) in [5, 5.41) is 0. The van der Waals surface area contributed by atoms with Crippen molar-refractivity contribution in [1.29, 1.82) is 0 Å². The summed E-state index contributed by atoms with van der Waals surface area (Å²) >= 11 is -2.40. The van der Waals surface area contributed by atoms with E-state index in [0.717, 1.165) is 0 Å². The average molecular weight is 704 g/mol. The monoisotopic (exact) mass is 705 g/mol. The van der Waals surface area contributed by atoms with Crippen LogP contribution in [0.5, 0.6) is 0 Å². The van der Waals surface area contributed by atoms with Crippen LogP contribution < -0.4 is 3.58 Å². The van der Waals surface area contributed by atoms with E-state index >= 15 is 0 Å². The normalized spacial score (nSPS) is 11.9. The number of hydrogen-bond donors (Lipinski definition) is 0. The second-order valence-corrected chi connectivity index (χ2v) is 27.7. The molecular weight excluding hydrogens is 623 g/mol. The van der Waals surface area contributed by atoms with Gasteiger partial charge in [0.15, 0.2) is 0 Å². The standard InChI is InChI=1S/3C12H25.C6H5.Sn/c3*1-3-5-7-9-11-12-10-8-6-4-2;1-2-4-6-5-3-1;/h3*1,3-12H2,2H3;1-5H;. The van der Waals surface area contributed by atoms with Crippen LogP contribution >= 0.6 is 0 Å². The molecule has 1 aromatic carbocycles. The number of benzene rings is 1. The van der Waals surface area contributed by atoms with Crippen molar-refractivity contribution >= 4 is 22.0 Å². The Bertz CT molecular complexity index is 592. The Balaban J connectivity index is 2.56. The first-order chi connectivity index (χ1) is 21.3. The molecule has 0 bridgehead atoms. The van der Waals surface area contributed by atoms with E-state index in [1.165, 1.54) is 193 Å². The van der Waals surface area contributed by atoms with Crippen LogP contribution in [0.4, 0.5) is 0 Å². The van der Waals surface area contributed by atoms with Gasteiger partial charge in [-0.05, 0) is 0 Å². The molecule has 0 aromatic heterocycles. The third kappa shape index (κ3) is 23.9. The molecule has 252 valence electrons. The van der Waals surface area contributed by atoms with Crippen LogP contribution in [0.15, 0.2) is 30.3 Å². The van der Waals surface area contributed by atoms with Crippen molar-refractivity contribution in [1.82, 2.24) is 0 Å². The van der Waals surface area contributed by atoms with Crippen LogP contribution in [-0.4, -0.2) is 18.4 Å². The van der Waals surface area contributed by atoms with Crippen LogP contribution in [0.25, 0.3) is 0 Å². The van der Waals surface area contributed by atoms with Gasteiger partial charge in [-0.1, -0.05) is 0 Å². The molecule has 0 aliphatic heterocycles. The molecule has 0 fully saturated rings. The molecule has 0 atom stereocenters. The van der Waals surface area contributed by atoms with Crippen LogP contribution in [0, 0.1) is 0 Å². The second-order valence-electron chi connectivity index (χ2n) is 14.4. The van der Waals surface area contributed by atoms with Gasteiger partial charge in [0.05, 0.1) is 0 Å². The van der Waals surface area contributed by atoms with Crippen molar-refractivity contribution < 1.29 is 0 Å². The van der Waals surface area contributed by atoms with E-state index < -0.39 is 18.4 Å². The molecule has 1 heteroatoms. The van der Waals surface area contributed by atoms with Gasteiger partial charge in [-0.3, -0.25) is 0 Å². The molecule has 0 aliphatic carbocycles. The zero-order chi connectivity index (χ0) is 30.9. The molecule has 0 saturated carbocycles. The quantitative estimate of drug-likeness (QED) is 0.0495. The van der Waals surface area contributed by atoms with Gasteiger partial charge in [0.1, 0.15) is 0 Å². The molecule has 43 heavy (non-hydrogen) atoms. The van der Waals surface area contributed by atoms with E-state index in [4.69, 9.17) is 0 Å². The van der Waals surface area contributed by atoms with Gasteiger partial charge in [-0.2, -0.15) is 0 Å². The zero-order valence-corrected chi connectivity index (χ0v) is 33.1. The van der Waals surface area contributed by atoms with Gasteiger partial charge in [-0.25, -0.2) is 0 Å². The van der Waals surface area contributed by atoms with Gasteiger partial charge in [0.2, 0.25) is 0 Å². The van der Waals surface area contributed by atoms with Gasteiger partial charge in [0, 0.05) is 0 Å². The fourth-order valence-corrected chi connectivity index (χ4v) is 22.6. The van der Waals surface area contributed by atoms with Gasteiger partial charge >= 0.3 is 279 Å². The maximum absolute atomic E-state index is 2.58. The Morgan fingerprint density at radius 2 is 0.535 bits per heavy atom. The Kier molecular flexibility index (Phi) is 30.5. The Morgan fingerprint density at radius 3 is 0.791 bits per heavy atom. The molecule has 0 nitrogen and oxygen atoms in total. The molecule has 0 amide bonds. The van der Waals surface area contributed by atoms with Crippen molar-refractivity contribution in [3.8, 4) is 0 Å². The van der Waals surface area contributed by atoms with E-state index in [1.807, 2.05) is 3.58 Å². The Labute approximate surface area is 277 Å². The fourth-order valence-electron chi connectivity index (χ4n) is 7.45. The van der Waals surface area contributed by atoms with E-state index in [0.29, 0.717) is 0 Å². The number of unbranched alkanes of at least 4 members (excludes halogenated alkanes) is 27. The molecule has 1 aromatic rings. The van der Waals surface area contributed by atoms with E-state index in [1.54, 1.807) is 13.3 Å². The maximum atomic E-state index is 2.58. The predicted octanol–water partition coefficient (Wildman–Crippen LogP) is 15.1. The predicted molar refractivity (Wildman–Crippen MR) is 202 cm³/mol. The summed E-state index contributed by atoms with van der Waals surface area (Å²) in [5.74, 6) is 0. The van der Waals surface area contributed by atoms with Crippen molar-refractivity contribution in [2.75, 3.05) is 0 Å². The molecular formula is C42H80Sn. The number of hydrogen-bond acceptors (Lipinski definition) is 0. The topological polar surface area (TPSA) is 0 Å². The molecule has 0 N–H and O–H groups in total. The van der Waals surface area contributed by atoms with Crippen molar-refractivity contribution in [2.24, 2.45) is 0 Å². The molecule has 0 unspecified atom stereocenters. The first kappa shape index (κ1) is 41.0. The summed E-state index contributed by atoms with van der Waals surface area (Å²) in [7, 11) is 0. The second kappa shape index (κ2) is 32.0. The first-order valence-corrected chi connectivity index (χ1v) is 27.8. The van der Waals surface area contributed by atoms with Crippen LogP contribution in [0.1, 0.15) is 213 Å². The van der Waals surface area contributed by atoms with Crippen LogP contribution in [0.2, 0.25) is 13.3 Å². The van der Waals surface area contributed by atoms with E-state index in [9.17, 15) is 0 Å². The summed E-state index contributed by atoms with van der Waals surface area (Å²) < 4.78 is 6.76. The van der Waals surface area contributed by atoms with E-state index in [2.05, 4.69) is 51.1 Å². The number of rotatable bonds is 34. The molecule has 1 rings (SSSR count). The Morgan fingerprint density at radius 1 is 0.302 bits per heavy atom. The van der Waals surface area contributed by atoms with Gasteiger partial charge in [-0.15, -0.1) is 0 Å². The molecule has 0 radical (unpaired) electrons. The van der Waals surface area contributed by atoms with Gasteiger partial charge in [0.25, 0.3) is 0 Å². The minimum absolute atomic E-state index is 1.37. The zero-order valence-electron chi connectivity index (χ0n) is 30.2. The molecule has 0 saturated heterocycles. The molecule has 0 aliphatic rings. The average Bonchev–Trinajstić information content (AvgIpc) is 3.03. The third-order valence-electron chi connectivity index (χ3n) is 10.4. The summed E-state index contributed by atoms with van der Waals surface area (Å²) in [5.41, 5.74) is 0.